The third-order valence-electron chi connectivity index (χ3n) is 4.55. The summed E-state index contributed by atoms with van der Waals surface area (Å²) in [6.45, 7) is 1.81. The summed E-state index contributed by atoms with van der Waals surface area (Å²) in [5.41, 5.74) is 0.197. The van der Waals surface area contributed by atoms with E-state index in [1.807, 2.05) is 37.3 Å². The van der Waals surface area contributed by atoms with Crippen molar-refractivity contribution in [2.45, 2.75) is 19.1 Å². The third kappa shape index (κ3) is 3.38. The standard InChI is InChI=1S/C17H21N7O3/c1-10(13(25)11-8-6-5-7-9-11)24(4)21-20-16-18-12-14(19-16)22(2)17(27)23(3)15(12)26/h5-10,13,25H,1-4H3,(H,18,19)/t10-,13-/m0/s1. The molecule has 0 aliphatic heterocycles. The molecule has 0 amide bonds. The quantitative estimate of drug-likeness (QED) is 0.512. The van der Waals surface area contributed by atoms with Gasteiger partial charge in [-0.2, -0.15) is 4.98 Å². The summed E-state index contributed by atoms with van der Waals surface area (Å²) in [5.74, 6) is 0.0940. The largest absolute Gasteiger partial charge is 0.386 e. The lowest BCUT2D eigenvalue weighted by Gasteiger charge is -2.25. The van der Waals surface area contributed by atoms with Gasteiger partial charge in [0, 0.05) is 21.1 Å². The number of aromatic nitrogens is 4. The van der Waals surface area contributed by atoms with E-state index in [2.05, 4.69) is 20.3 Å². The minimum atomic E-state index is -0.751. The van der Waals surface area contributed by atoms with E-state index < -0.39 is 17.4 Å². The highest BCUT2D eigenvalue weighted by Gasteiger charge is 2.20. The average Bonchev–Trinajstić information content (AvgIpc) is 3.13. The number of likely N-dealkylation sites (N-methyl/N-ethyl adjacent to an activating group) is 1. The van der Waals surface area contributed by atoms with Crippen LogP contribution in [0.1, 0.15) is 18.6 Å². The number of nitrogens with zero attached hydrogens (tertiary/aromatic N) is 6. The smallest absolute Gasteiger partial charge is 0.332 e. The molecule has 0 saturated heterocycles. The number of hydrogen-bond donors (Lipinski definition) is 2. The molecule has 3 aromatic rings. The Balaban J connectivity index is 1.85. The summed E-state index contributed by atoms with van der Waals surface area (Å²) >= 11 is 0. The van der Waals surface area contributed by atoms with Crippen LogP contribution in [0.25, 0.3) is 11.2 Å². The highest BCUT2D eigenvalue weighted by atomic mass is 16.3. The maximum atomic E-state index is 12.2. The van der Waals surface area contributed by atoms with Crippen LogP contribution in [0.2, 0.25) is 0 Å². The van der Waals surface area contributed by atoms with E-state index in [1.54, 1.807) is 7.05 Å². The van der Waals surface area contributed by atoms with Crippen LogP contribution in [0, 0.1) is 0 Å². The number of imidazole rings is 1. The minimum absolute atomic E-state index is 0.0940. The zero-order valence-corrected chi connectivity index (χ0v) is 15.5. The van der Waals surface area contributed by atoms with Gasteiger partial charge in [-0.15, -0.1) is 0 Å². The Labute approximate surface area is 154 Å². The third-order valence-corrected chi connectivity index (χ3v) is 4.55. The highest BCUT2D eigenvalue weighted by Crippen LogP contribution is 2.21. The highest BCUT2D eigenvalue weighted by molar-refractivity contribution is 5.71. The number of nitrogens with one attached hydrogen (secondary N) is 1. The van der Waals surface area contributed by atoms with Gasteiger partial charge in [-0.3, -0.25) is 18.9 Å². The number of fused-ring (bicyclic) bond motifs is 1. The number of hydrogen-bond acceptors (Lipinski definition) is 6. The first-order valence-electron chi connectivity index (χ1n) is 8.34. The van der Waals surface area contributed by atoms with Gasteiger partial charge in [-0.05, 0) is 12.5 Å². The van der Waals surface area contributed by atoms with Crippen molar-refractivity contribution in [2.24, 2.45) is 24.4 Å². The van der Waals surface area contributed by atoms with Crippen LogP contribution in [-0.2, 0) is 14.1 Å². The first-order chi connectivity index (χ1) is 12.8. The molecular formula is C17H21N7O3. The topological polar surface area (TPSA) is 121 Å². The molecule has 0 aliphatic carbocycles. The fraction of sp³-hybridized carbons (Fsp3) is 0.353. The molecular weight excluding hydrogens is 350 g/mol. The molecule has 1 aromatic carbocycles. The fourth-order valence-corrected chi connectivity index (χ4v) is 2.69. The Morgan fingerprint density at radius 2 is 1.85 bits per heavy atom. The van der Waals surface area contributed by atoms with Crippen molar-refractivity contribution in [3.8, 4) is 0 Å². The maximum Gasteiger partial charge on any atom is 0.332 e. The first kappa shape index (κ1) is 18.5. The van der Waals surface area contributed by atoms with Crippen LogP contribution in [0.3, 0.4) is 0 Å². The molecule has 2 N–H and O–H groups in total. The molecule has 27 heavy (non-hydrogen) atoms. The van der Waals surface area contributed by atoms with Crippen LogP contribution in [0.4, 0.5) is 5.95 Å². The van der Waals surface area contributed by atoms with Crippen molar-refractivity contribution in [2.75, 3.05) is 7.05 Å². The normalized spacial score (nSPS) is 14.0. The predicted molar refractivity (Wildman–Crippen MR) is 99.7 cm³/mol. The minimum Gasteiger partial charge on any atom is -0.386 e. The zero-order chi connectivity index (χ0) is 19.7. The number of aromatic amines is 1. The van der Waals surface area contributed by atoms with E-state index in [-0.39, 0.29) is 23.2 Å². The number of rotatable bonds is 5. The van der Waals surface area contributed by atoms with Crippen molar-refractivity contribution in [3.63, 3.8) is 0 Å². The number of aryl methyl sites for hydroxylation is 1. The average molecular weight is 371 g/mol. The van der Waals surface area contributed by atoms with Crippen LogP contribution in [-0.4, -0.2) is 42.3 Å². The zero-order valence-electron chi connectivity index (χ0n) is 15.5. The Morgan fingerprint density at radius 3 is 2.52 bits per heavy atom. The molecule has 0 spiro atoms. The van der Waals surface area contributed by atoms with Gasteiger partial charge in [0.1, 0.15) is 6.10 Å². The predicted octanol–water partition coefficient (Wildman–Crippen LogP) is 1.01. The molecule has 2 heterocycles. The molecule has 10 nitrogen and oxygen atoms in total. The van der Waals surface area contributed by atoms with Gasteiger partial charge in [0.15, 0.2) is 11.2 Å². The number of aliphatic hydroxyl groups is 1. The Kier molecular flexibility index (Phi) is 4.91. The molecule has 3 rings (SSSR count). The van der Waals surface area contributed by atoms with E-state index >= 15 is 0 Å². The van der Waals surface area contributed by atoms with Gasteiger partial charge in [0.05, 0.1) is 6.04 Å². The van der Waals surface area contributed by atoms with Crippen molar-refractivity contribution in [1.82, 2.24) is 24.1 Å². The second-order valence-corrected chi connectivity index (χ2v) is 6.32. The summed E-state index contributed by atoms with van der Waals surface area (Å²) in [4.78, 5) is 31.1. The second-order valence-electron chi connectivity index (χ2n) is 6.32. The maximum absolute atomic E-state index is 12.2. The first-order valence-corrected chi connectivity index (χ1v) is 8.34. The van der Waals surface area contributed by atoms with Gasteiger partial charge in [0.2, 0.25) is 0 Å². The number of benzene rings is 1. The summed E-state index contributed by atoms with van der Waals surface area (Å²) in [6, 6.07) is 8.91. The second kappa shape index (κ2) is 7.16. The molecule has 0 unspecified atom stereocenters. The molecule has 2 aromatic heterocycles. The van der Waals surface area contributed by atoms with Gasteiger partial charge >= 0.3 is 5.69 Å². The lowest BCUT2D eigenvalue weighted by molar-refractivity contribution is 0.0700. The summed E-state index contributed by atoms with van der Waals surface area (Å²) in [6.07, 6.45) is -0.751. The molecule has 0 saturated carbocycles. The van der Waals surface area contributed by atoms with Gasteiger partial charge < -0.3 is 10.1 Å². The van der Waals surface area contributed by atoms with E-state index in [1.165, 1.54) is 23.7 Å². The van der Waals surface area contributed by atoms with Crippen molar-refractivity contribution < 1.29 is 5.11 Å². The van der Waals surface area contributed by atoms with Crippen LogP contribution >= 0.6 is 0 Å². The number of H-pyrrole nitrogens is 1. The van der Waals surface area contributed by atoms with Crippen LogP contribution in [0.5, 0.6) is 0 Å². The van der Waals surface area contributed by atoms with Crippen LogP contribution < -0.4 is 11.2 Å². The Morgan fingerprint density at radius 1 is 1.19 bits per heavy atom. The van der Waals surface area contributed by atoms with Crippen molar-refractivity contribution in [1.29, 1.82) is 0 Å². The SMILES string of the molecule is C[C@@H]([C@H](O)c1ccccc1)N(C)N=Nc1nc2c([nH]1)c(=O)n(C)c(=O)n2C. The Hall–Kier alpha value is -3.27. The van der Waals surface area contributed by atoms with Crippen molar-refractivity contribution >= 4 is 17.1 Å². The molecule has 142 valence electrons. The molecule has 0 aliphatic rings. The lowest BCUT2D eigenvalue weighted by atomic mass is 10.0. The van der Waals surface area contributed by atoms with E-state index in [0.29, 0.717) is 0 Å². The summed E-state index contributed by atoms with van der Waals surface area (Å²) in [7, 11) is 4.60. The number of aliphatic hydroxyl groups excluding tert-OH is 1. The summed E-state index contributed by atoms with van der Waals surface area (Å²) in [5, 5.41) is 20.0. The van der Waals surface area contributed by atoms with E-state index in [0.717, 1.165) is 10.1 Å². The molecule has 2 atom stereocenters. The monoisotopic (exact) mass is 371 g/mol. The van der Waals surface area contributed by atoms with Gasteiger partial charge in [-0.1, -0.05) is 40.7 Å². The molecule has 0 radical (unpaired) electrons. The Bertz CT molecular complexity index is 1100. The van der Waals surface area contributed by atoms with Crippen LogP contribution in [0.15, 0.2) is 50.3 Å². The van der Waals surface area contributed by atoms with Gasteiger partial charge in [0.25, 0.3) is 11.5 Å². The molecule has 0 bridgehead atoms. The van der Waals surface area contributed by atoms with Crippen molar-refractivity contribution in [3.05, 3.63) is 56.7 Å². The van der Waals surface area contributed by atoms with Gasteiger partial charge in [-0.25, -0.2) is 4.79 Å². The lowest BCUT2D eigenvalue weighted by Crippen LogP contribution is -2.36. The van der Waals surface area contributed by atoms with E-state index in [4.69, 9.17) is 0 Å². The molecule has 0 fully saturated rings. The van der Waals surface area contributed by atoms with E-state index in [9.17, 15) is 14.7 Å². The summed E-state index contributed by atoms with van der Waals surface area (Å²) < 4.78 is 2.25. The molecule has 10 heteroatoms. The fourth-order valence-electron chi connectivity index (χ4n) is 2.69.